The van der Waals surface area contributed by atoms with Gasteiger partial charge in [0.05, 0.1) is 5.39 Å². The van der Waals surface area contributed by atoms with E-state index in [1.54, 1.807) is 6.07 Å². The van der Waals surface area contributed by atoms with Crippen molar-refractivity contribution < 1.29 is 14.0 Å². The molecule has 1 saturated heterocycles. The number of H-pyrrole nitrogens is 1. The number of amides is 2. The summed E-state index contributed by atoms with van der Waals surface area (Å²) in [6, 6.07) is 18.1. The van der Waals surface area contributed by atoms with Gasteiger partial charge in [-0.1, -0.05) is 42.5 Å². The van der Waals surface area contributed by atoms with Gasteiger partial charge in [-0.15, -0.1) is 0 Å². The molecule has 0 aliphatic carbocycles. The Morgan fingerprint density at radius 3 is 2.53 bits per heavy atom. The molecule has 5 rings (SSSR count). The highest BCUT2D eigenvalue weighted by atomic mass is 19.1. The first-order valence-electron chi connectivity index (χ1n) is 12.0. The zero-order chi connectivity index (χ0) is 24.9. The van der Waals surface area contributed by atoms with E-state index in [1.807, 2.05) is 47.4 Å². The second-order valence-corrected chi connectivity index (χ2v) is 8.82. The van der Waals surface area contributed by atoms with E-state index in [-0.39, 0.29) is 11.7 Å². The fraction of sp³-hybridized carbons (Fsp3) is 0.259. The highest BCUT2D eigenvalue weighted by molar-refractivity contribution is 6.00. The number of piperidine rings is 1. The molecular weight excluding hydrogens is 459 g/mol. The minimum absolute atomic E-state index is 0.0830. The summed E-state index contributed by atoms with van der Waals surface area (Å²) in [5, 5.41) is 6.59. The van der Waals surface area contributed by atoms with Crippen LogP contribution in [0.15, 0.2) is 60.7 Å². The number of aromatic nitrogens is 3. The molecule has 8 nitrogen and oxygen atoms in total. The highest BCUT2D eigenvalue weighted by Crippen LogP contribution is 2.30. The van der Waals surface area contributed by atoms with E-state index >= 15 is 0 Å². The van der Waals surface area contributed by atoms with Crippen molar-refractivity contribution in [2.75, 3.05) is 31.5 Å². The van der Waals surface area contributed by atoms with Crippen LogP contribution in [0.4, 0.5) is 10.2 Å². The molecule has 2 aromatic carbocycles. The van der Waals surface area contributed by atoms with Crippen molar-refractivity contribution in [3.63, 3.8) is 0 Å². The first-order chi connectivity index (χ1) is 17.6. The standard InChI is InChI=1S/C27H27FN6O2/c28-21-8-6-18(7-9-21)19-10-14-34(15-11-19)27(36)23-16-22-25(30-13-12-29-17-35)32-24(33-26(22)31-23)20-4-2-1-3-5-20/h1-9,16-17,19H,10-15H2,(H,29,35)(H2,30,31,32,33). The van der Waals surface area contributed by atoms with Crippen molar-refractivity contribution in [1.29, 1.82) is 0 Å². The number of hydrogen-bond acceptors (Lipinski definition) is 5. The third kappa shape index (κ3) is 5.05. The van der Waals surface area contributed by atoms with Crippen molar-refractivity contribution in [2.45, 2.75) is 18.8 Å². The fourth-order valence-electron chi connectivity index (χ4n) is 4.61. The van der Waals surface area contributed by atoms with Crippen LogP contribution in [0.2, 0.25) is 0 Å². The summed E-state index contributed by atoms with van der Waals surface area (Å²) in [7, 11) is 0. The molecule has 0 radical (unpaired) electrons. The maximum atomic E-state index is 13.4. The highest BCUT2D eigenvalue weighted by Gasteiger charge is 2.26. The molecule has 0 unspecified atom stereocenters. The van der Waals surface area contributed by atoms with Crippen LogP contribution >= 0.6 is 0 Å². The van der Waals surface area contributed by atoms with Crippen LogP contribution in [0, 0.1) is 5.82 Å². The van der Waals surface area contributed by atoms with Crippen molar-refractivity contribution in [3.8, 4) is 11.4 Å². The second-order valence-electron chi connectivity index (χ2n) is 8.82. The number of halogens is 1. The molecule has 0 saturated carbocycles. The molecule has 1 fully saturated rings. The number of aromatic amines is 1. The quantitative estimate of drug-likeness (QED) is 0.259. The van der Waals surface area contributed by atoms with E-state index in [0.29, 0.717) is 66.9 Å². The van der Waals surface area contributed by atoms with Gasteiger partial charge in [-0.25, -0.2) is 14.4 Å². The first-order valence-corrected chi connectivity index (χ1v) is 12.0. The lowest BCUT2D eigenvalue weighted by molar-refractivity contribution is -0.109. The molecule has 3 N–H and O–H groups in total. The van der Waals surface area contributed by atoms with Crippen LogP contribution in [0.3, 0.4) is 0 Å². The van der Waals surface area contributed by atoms with Crippen molar-refractivity contribution in [1.82, 2.24) is 25.2 Å². The number of likely N-dealkylation sites (tertiary alicyclic amines) is 1. The van der Waals surface area contributed by atoms with Crippen molar-refractivity contribution >= 4 is 29.2 Å². The van der Waals surface area contributed by atoms with E-state index in [9.17, 15) is 14.0 Å². The molecule has 36 heavy (non-hydrogen) atoms. The summed E-state index contributed by atoms with van der Waals surface area (Å²) in [6.07, 6.45) is 2.30. The van der Waals surface area contributed by atoms with Gasteiger partial charge >= 0.3 is 0 Å². The van der Waals surface area contributed by atoms with Gasteiger partial charge in [0.15, 0.2) is 5.82 Å². The average molecular weight is 487 g/mol. The Kier molecular flexibility index (Phi) is 6.88. The Bertz CT molecular complexity index is 1350. The van der Waals surface area contributed by atoms with Gasteiger partial charge in [0.25, 0.3) is 5.91 Å². The number of carbonyl (C=O) groups is 2. The van der Waals surface area contributed by atoms with Crippen LogP contribution in [0.25, 0.3) is 22.4 Å². The molecular formula is C27H27FN6O2. The molecule has 0 spiro atoms. The molecule has 2 amide bonds. The van der Waals surface area contributed by atoms with Crippen molar-refractivity contribution in [2.24, 2.45) is 0 Å². The molecule has 4 aromatic rings. The third-order valence-corrected chi connectivity index (χ3v) is 6.52. The lowest BCUT2D eigenvalue weighted by Gasteiger charge is -2.32. The van der Waals surface area contributed by atoms with E-state index in [1.165, 1.54) is 12.1 Å². The van der Waals surface area contributed by atoms with Gasteiger partial charge in [0.2, 0.25) is 6.41 Å². The molecule has 184 valence electrons. The van der Waals surface area contributed by atoms with E-state index < -0.39 is 0 Å². The Morgan fingerprint density at radius 1 is 1.06 bits per heavy atom. The number of hydrogen-bond donors (Lipinski definition) is 3. The van der Waals surface area contributed by atoms with Gasteiger partial charge in [-0.2, -0.15) is 0 Å². The van der Waals surface area contributed by atoms with Gasteiger partial charge < -0.3 is 20.5 Å². The summed E-state index contributed by atoms with van der Waals surface area (Å²) in [5.74, 6) is 1.12. The Balaban J connectivity index is 1.37. The van der Waals surface area contributed by atoms with Crippen LogP contribution in [-0.4, -0.2) is 58.3 Å². The lowest BCUT2D eigenvalue weighted by atomic mass is 9.89. The first kappa shape index (κ1) is 23.5. The summed E-state index contributed by atoms with van der Waals surface area (Å²) < 4.78 is 13.3. The largest absolute Gasteiger partial charge is 0.368 e. The number of nitrogens with zero attached hydrogens (tertiary/aromatic N) is 3. The maximum Gasteiger partial charge on any atom is 0.270 e. The van der Waals surface area contributed by atoms with E-state index in [2.05, 4.69) is 20.6 Å². The van der Waals surface area contributed by atoms with Crippen LogP contribution in [0.5, 0.6) is 0 Å². The van der Waals surface area contributed by atoms with Crippen LogP contribution < -0.4 is 10.6 Å². The molecule has 2 aromatic heterocycles. The van der Waals surface area contributed by atoms with E-state index in [0.717, 1.165) is 24.0 Å². The van der Waals surface area contributed by atoms with Crippen molar-refractivity contribution in [3.05, 3.63) is 77.7 Å². The molecule has 1 aliphatic heterocycles. The smallest absolute Gasteiger partial charge is 0.270 e. The Labute approximate surface area is 208 Å². The number of anilines is 1. The zero-order valence-corrected chi connectivity index (χ0v) is 19.7. The minimum Gasteiger partial charge on any atom is -0.368 e. The number of fused-ring (bicyclic) bond motifs is 1. The van der Waals surface area contributed by atoms with Gasteiger partial charge in [0.1, 0.15) is 23.0 Å². The molecule has 9 heteroatoms. The number of carbonyl (C=O) groups excluding carboxylic acids is 2. The van der Waals surface area contributed by atoms with Crippen LogP contribution in [-0.2, 0) is 4.79 Å². The third-order valence-electron chi connectivity index (χ3n) is 6.52. The van der Waals surface area contributed by atoms with E-state index in [4.69, 9.17) is 4.98 Å². The Morgan fingerprint density at radius 2 is 1.81 bits per heavy atom. The summed E-state index contributed by atoms with van der Waals surface area (Å²) in [4.78, 5) is 38.3. The van der Waals surface area contributed by atoms with Gasteiger partial charge in [-0.3, -0.25) is 9.59 Å². The Hall–Kier alpha value is -4.27. The van der Waals surface area contributed by atoms with Crippen LogP contribution in [0.1, 0.15) is 34.8 Å². The predicted octanol–water partition coefficient (Wildman–Crippen LogP) is 3.94. The van der Waals surface area contributed by atoms with Gasteiger partial charge in [0, 0.05) is 31.7 Å². The summed E-state index contributed by atoms with van der Waals surface area (Å²) in [6.45, 7) is 2.17. The maximum absolute atomic E-state index is 13.4. The van der Waals surface area contributed by atoms with Gasteiger partial charge in [-0.05, 0) is 42.5 Å². The number of rotatable bonds is 8. The molecule has 0 atom stereocenters. The number of nitrogens with one attached hydrogen (secondary N) is 3. The molecule has 0 bridgehead atoms. The molecule has 3 heterocycles. The lowest BCUT2D eigenvalue weighted by Crippen LogP contribution is -2.38. The normalized spacial score (nSPS) is 14.1. The molecule has 1 aliphatic rings. The SMILES string of the molecule is O=CNCCNc1nc(-c2ccccc2)nc2[nH]c(C(=O)N3CCC(c4ccc(F)cc4)CC3)cc12. The zero-order valence-electron chi connectivity index (χ0n) is 19.7. The predicted molar refractivity (Wildman–Crippen MR) is 136 cm³/mol. The fourth-order valence-corrected chi connectivity index (χ4v) is 4.61. The number of benzene rings is 2. The topological polar surface area (TPSA) is 103 Å². The summed E-state index contributed by atoms with van der Waals surface area (Å²) >= 11 is 0. The summed E-state index contributed by atoms with van der Waals surface area (Å²) in [5.41, 5.74) is 2.99. The second kappa shape index (κ2) is 10.6. The minimum atomic E-state index is -0.238. The average Bonchev–Trinajstić information content (AvgIpc) is 3.36. The monoisotopic (exact) mass is 486 g/mol.